The number of aromatic nitrogens is 7. The monoisotopic (exact) mass is 415 g/mol. The number of fused-ring (bicyclic) bond motifs is 1. The maximum Gasteiger partial charge on any atom is 0.434 e. The van der Waals surface area contributed by atoms with Crippen LogP contribution in [-0.2, 0) is 6.18 Å². The number of piperazine rings is 1. The van der Waals surface area contributed by atoms with Crippen molar-refractivity contribution in [3.8, 4) is 11.5 Å². The summed E-state index contributed by atoms with van der Waals surface area (Å²) in [6.45, 7) is 2.16. The molecule has 12 heteroatoms. The van der Waals surface area contributed by atoms with Crippen LogP contribution in [0, 0.1) is 0 Å². The second kappa shape index (κ2) is 7.06. The van der Waals surface area contributed by atoms with Gasteiger partial charge in [0.1, 0.15) is 11.5 Å². The molecule has 5 heterocycles. The van der Waals surface area contributed by atoms with Gasteiger partial charge in [-0.25, -0.2) is 19.9 Å². The predicted octanol–water partition coefficient (Wildman–Crippen LogP) is 2.08. The van der Waals surface area contributed by atoms with Gasteiger partial charge in [0.2, 0.25) is 0 Å². The minimum absolute atomic E-state index is 0.0899. The van der Waals surface area contributed by atoms with Crippen LogP contribution in [0.3, 0.4) is 0 Å². The Kier molecular flexibility index (Phi) is 4.35. The van der Waals surface area contributed by atoms with Crippen molar-refractivity contribution in [3.63, 3.8) is 0 Å². The van der Waals surface area contributed by atoms with E-state index in [9.17, 15) is 13.2 Å². The van der Waals surface area contributed by atoms with Gasteiger partial charge < -0.3 is 10.2 Å². The zero-order valence-corrected chi connectivity index (χ0v) is 15.5. The molecule has 5 rings (SSSR count). The van der Waals surface area contributed by atoms with Gasteiger partial charge in [-0.05, 0) is 6.07 Å². The Balaban J connectivity index is 1.48. The van der Waals surface area contributed by atoms with Gasteiger partial charge >= 0.3 is 6.18 Å². The predicted molar refractivity (Wildman–Crippen MR) is 101 cm³/mol. The third kappa shape index (κ3) is 3.34. The summed E-state index contributed by atoms with van der Waals surface area (Å²) in [6.07, 6.45) is 4.10. The number of nitrogens with zero attached hydrogens (tertiary/aromatic N) is 7. The van der Waals surface area contributed by atoms with Gasteiger partial charge in [0.25, 0.3) is 0 Å². The van der Waals surface area contributed by atoms with Crippen molar-refractivity contribution in [2.75, 3.05) is 24.5 Å². The lowest BCUT2D eigenvalue weighted by molar-refractivity contribution is -0.141. The molecule has 1 aliphatic heterocycles. The Morgan fingerprint density at radius 3 is 2.80 bits per heavy atom. The molecule has 0 aliphatic carbocycles. The molecule has 0 radical (unpaired) electrons. The molecule has 4 aromatic rings. The number of hydrogen-bond acceptors (Lipinski definition) is 7. The first kappa shape index (κ1) is 18.5. The van der Waals surface area contributed by atoms with Gasteiger partial charge in [0, 0.05) is 43.8 Å². The molecular formula is C18H16F3N9. The lowest BCUT2D eigenvalue weighted by Crippen LogP contribution is -2.46. The number of halogens is 3. The second-order valence-corrected chi connectivity index (χ2v) is 6.86. The summed E-state index contributed by atoms with van der Waals surface area (Å²) in [7, 11) is 0. The zero-order chi connectivity index (χ0) is 20.7. The normalized spacial score (nSPS) is 17.6. The number of anilines is 1. The second-order valence-electron chi connectivity index (χ2n) is 6.86. The van der Waals surface area contributed by atoms with Crippen LogP contribution in [-0.4, -0.2) is 54.2 Å². The Bertz CT molecular complexity index is 1170. The molecule has 1 fully saturated rings. The summed E-state index contributed by atoms with van der Waals surface area (Å²) < 4.78 is 40.5. The fourth-order valence-corrected chi connectivity index (χ4v) is 3.48. The fourth-order valence-electron chi connectivity index (χ4n) is 3.48. The highest BCUT2D eigenvalue weighted by Gasteiger charge is 2.33. The number of alkyl halides is 3. The summed E-state index contributed by atoms with van der Waals surface area (Å²) in [6, 6.07) is 1.87. The van der Waals surface area contributed by atoms with Gasteiger partial charge in [-0.15, -0.1) is 0 Å². The Labute approximate surface area is 168 Å². The van der Waals surface area contributed by atoms with E-state index in [0.29, 0.717) is 18.1 Å². The molecule has 1 saturated heterocycles. The van der Waals surface area contributed by atoms with Gasteiger partial charge in [-0.3, -0.25) is 9.50 Å². The average Bonchev–Trinajstić information content (AvgIpc) is 3.43. The SMILES string of the molecule is FC(F)(F)c1cn2c(-c3nccc(N4CCNC(c5cn[nH]c5)C4)n3)cnc2cn1. The lowest BCUT2D eigenvalue weighted by atomic mass is 10.1. The molecule has 9 nitrogen and oxygen atoms in total. The van der Waals surface area contributed by atoms with Crippen molar-refractivity contribution < 1.29 is 13.2 Å². The molecule has 0 aromatic carbocycles. The van der Waals surface area contributed by atoms with E-state index in [1.165, 1.54) is 10.6 Å². The van der Waals surface area contributed by atoms with Crippen molar-refractivity contribution in [3.05, 3.63) is 54.5 Å². The van der Waals surface area contributed by atoms with Crippen LogP contribution < -0.4 is 10.2 Å². The minimum Gasteiger partial charge on any atom is -0.353 e. The van der Waals surface area contributed by atoms with Gasteiger partial charge in [0.05, 0.1) is 24.6 Å². The van der Waals surface area contributed by atoms with Crippen LogP contribution in [0.15, 0.2) is 43.2 Å². The van der Waals surface area contributed by atoms with Crippen LogP contribution in [0.4, 0.5) is 19.0 Å². The third-order valence-corrected chi connectivity index (χ3v) is 4.98. The highest BCUT2D eigenvalue weighted by molar-refractivity contribution is 5.58. The molecule has 0 bridgehead atoms. The molecule has 2 N–H and O–H groups in total. The quantitative estimate of drug-likeness (QED) is 0.528. The number of aromatic amines is 1. The van der Waals surface area contributed by atoms with Gasteiger partial charge in [-0.2, -0.15) is 18.3 Å². The minimum atomic E-state index is -4.55. The van der Waals surface area contributed by atoms with E-state index in [-0.39, 0.29) is 17.5 Å². The van der Waals surface area contributed by atoms with Crippen LogP contribution >= 0.6 is 0 Å². The number of nitrogens with one attached hydrogen (secondary N) is 2. The van der Waals surface area contributed by atoms with Crippen LogP contribution in [0.2, 0.25) is 0 Å². The van der Waals surface area contributed by atoms with E-state index in [2.05, 4.69) is 40.3 Å². The first-order chi connectivity index (χ1) is 14.5. The first-order valence-electron chi connectivity index (χ1n) is 9.20. The van der Waals surface area contributed by atoms with E-state index in [4.69, 9.17) is 0 Å². The number of H-pyrrole nitrogens is 1. The molecule has 30 heavy (non-hydrogen) atoms. The highest BCUT2D eigenvalue weighted by Crippen LogP contribution is 2.29. The maximum absolute atomic E-state index is 13.1. The van der Waals surface area contributed by atoms with Crippen LogP contribution in [0.1, 0.15) is 17.3 Å². The van der Waals surface area contributed by atoms with Gasteiger partial charge in [-0.1, -0.05) is 0 Å². The average molecular weight is 415 g/mol. The summed E-state index contributed by atoms with van der Waals surface area (Å²) in [5.41, 5.74) is 0.689. The van der Waals surface area contributed by atoms with Gasteiger partial charge in [0.15, 0.2) is 17.2 Å². The van der Waals surface area contributed by atoms with Crippen molar-refractivity contribution >= 4 is 11.5 Å². The molecular weight excluding hydrogens is 399 g/mol. The van der Waals surface area contributed by atoms with Crippen molar-refractivity contribution in [1.29, 1.82) is 0 Å². The molecule has 1 atom stereocenters. The lowest BCUT2D eigenvalue weighted by Gasteiger charge is -2.34. The van der Waals surface area contributed by atoms with Crippen LogP contribution in [0.5, 0.6) is 0 Å². The zero-order valence-electron chi connectivity index (χ0n) is 15.5. The van der Waals surface area contributed by atoms with Crippen LogP contribution in [0.25, 0.3) is 17.2 Å². The first-order valence-corrected chi connectivity index (χ1v) is 9.20. The van der Waals surface area contributed by atoms with E-state index in [1.54, 1.807) is 18.5 Å². The standard InChI is InChI=1S/C18H16F3N9/c19-18(20,21)14-10-30-13(7-25-16(30)8-24-14)17-23-2-1-15(28-17)29-4-3-22-12(9-29)11-5-26-27-6-11/h1-2,5-8,10,12,22H,3-4,9H2,(H,26,27). The van der Waals surface area contributed by atoms with E-state index >= 15 is 0 Å². The number of rotatable bonds is 3. The Morgan fingerprint density at radius 2 is 2.00 bits per heavy atom. The van der Waals surface area contributed by atoms with Crippen molar-refractivity contribution in [2.45, 2.75) is 12.2 Å². The molecule has 4 aromatic heterocycles. The summed E-state index contributed by atoms with van der Waals surface area (Å²) in [5.74, 6) is 0.979. The molecule has 0 amide bonds. The van der Waals surface area contributed by atoms with E-state index in [1.807, 2.05) is 6.20 Å². The van der Waals surface area contributed by atoms with Crippen molar-refractivity contribution in [1.82, 2.24) is 39.9 Å². The topological polar surface area (TPSA) is 99.9 Å². The van der Waals surface area contributed by atoms with E-state index in [0.717, 1.165) is 31.0 Å². The molecule has 0 saturated carbocycles. The molecule has 1 aliphatic rings. The highest BCUT2D eigenvalue weighted by atomic mass is 19.4. The number of imidazole rings is 1. The summed E-state index contributed by atoms with van der Waals surface area (Å²) in [4.78, 5) is 18.5. The Morgan fingerprint density at radius 1 is 1.10 bits per heavy atom. The Hall–Kier alpha value is -3.54. The van der Waals surface area contributed by atoms with Crippen molar-refractivity contribution in [2.24, 2.45) is 0 Å². The smallest absolute Gasteiger partial charge is 0.353 e. The largest absolute Gasteiger partial charge is 0.434 e. The molecule has 1 unspecified atom stereocenters. The summed E-state index contributed by atoms with van der Waals surface area (Å²) in [5, 5.41) is 10.2. The molecule has 0 spiro atoms. The van der Waals surface area contributed by atoms with E-state index < -0.39 is 11.9 Å². The summed E-state index contributed by atoms with van der Waals surface area (Å²) >= 11 is 0. The fraction of sp³-hybridized carbons (Fsp3) is 0.278. The molecule has 154 valence electrons. The third-order valence-electron chi connectivity index (χ3n) is 4.98. The number of hydrogen-bond donors (Lipinski definition) is 2. The maximum atomic E-state index is 13.1.